The lowest BCUT2D eigenvalue weighted by atomic mass is 10.2. The Hall–Kier alpha value is -1.59. The average Bonchev–Trinajstić information content (AvgIpc) is 2.64. The smallest absolute Gasteiger partial charge is 0.175 e. The molecule has 0 unspecified atom stereocenters. The summed E-state index contributed by atoms with van der Waals surface area (Å²) < 4.78 is 25.2. The number of benzene rings is 2. The van der Waals surface area contributed by atoms with Gasteiger partial charge in [0.25, 0.3) is 0 Å². The molecule has 0 bridgehead atoms. The Morgan fingerprint density at radius 2 is 1.81 bits per heavy atom. The SMILES string of the molecule is CCCCCCNCc1cc(Br)c(OCc2ccc(F)cc2)c(OC)c1. The first-order valence-corrected chi connectivity index (χ1v) is 9.87. The molecule has 2 rings (SSSR count). The van der Waals surface area contributed by atoms with Crippen molar-refractivity contribution in [1.29, 1.82) is 0 Å². The first-order chi connectivity index (χ1) is 12.6. The van der Waals surface area contributed by atoms with Crippen LogP contribution in [0.1, 0.15) is 43.7 Å². The van der Waals surface area contributed by atoms with Gasteiger partial charge in [0.1, 0.15) is 12.4 Å². The second-order valence-electron chi connectivity index (χ2n) is 6.26. The van der Waals surface area contributed by atoms with Gasteiger partial charge in [-0.1, -0.05) is 38.3 Å². The number of ether oxygens (including phenoxy) is 2. The Morgan fingerprint density at radius 1 is 1.04 bits per heavy atom. The van der Waals surface area contributed by atoms with Gasteiger partial charge >= 0.3 is 0 Å². The van der Waals surface area contributed by atoms with E-state index < -0.39 is 0 Å². The van der Waals surface area contributed by atoms with Crippen LogP contribution in [0.5, 0.6) is 11.5 Å². The minimum atomic E-state index is -0.251. The molecule has 2 aromatic rings. The molecular formula is C21H27BrFNO2. The molecule has 0 heterocycles. The van der Waals surface area contributed by atoms with Crippen LogP contribution >= 0.6 is 15.9 Å². The van der Waals surface area contributed by atoms with Crippen molar-refractivity contribution in [3.63, 3.8) is 0 Å². The van der Waals surface area contributed by atoms with E-state index in [1.54, 1.807) is 19.2 Å². The quantitative estimate of drug-likeness (QED) is 0.460. The molecule has 0 amide bonds. The van der Waals surface area contributed by atoms with Gasteiger partial charge in [0, 0.05) is 6.54 Å². The monoisotopic (exact) mass is 423 g/mol. The Bertz CT molecular complexity index is 676. The number of halogens is 2. The Balaban J connectivity index is 1.94. The molecule has 0 saturated carbocycles. The number of nitrogens with one attached hydrogen (secondary N) is 1. The fraction of sp³-hybridized carbons (Fsp3) is 0.429. The molecule has 2 aromatic carbocycles. The summed E-state index contributed by atoms with van der Waals surface area (Å²) in [6, 6.07) is 10.3. The van der Waals surface area contributed by atoms with Crippen molar-refractivity contribution in [3.8, 4) is 11.5 Å². The van der Waals surface area contributed by atoms with Crippen LogP contribution in [0, 0.1) is 5.82 Å². The molecule has 0 saturated heterocycles. The average molecular weight is 424 g/mol. The Labute approximate surface area is 164 Å². The fourth-order valence-electron chi connectivity index (χ4n) is 2.66. The first kappa shape index (κ1) is 20.7. The maximum Gasteiger partial charge on any atom is 0.175 e. The fourth-order valence-corrected chi connectivity index (χ4v) is 3.26. The van der Waals surface area contributed by atoms with E-state index >= 15 is 0 Å². The summed E-state index contributed by atoms with van der Waals surface area (Å²) in [5.74, 6) is 1.09. The summed E-state index contributed by atoms with van der Waals surface area (Å²) >= 11 is 3.57. The van der Waals surface area contributed by atoms with Crippen LogP contribution < -0.4 is 14.8 Å². The van der Waals surface area contributed by atoms with Crippen molar-refractivity contribution >= 4 is 15.9 Å². The van der Waals surface area contributed by atoms with Crippen LogP contribution in [0.15, 0.2) is 40.9 Å². The maximum atomic E-state index is 13.0. The molecule has 0 aliphatic heterocycles. The highest BCUT2D eigenvalue weighted by Crippen LogP contribution is 2.37. The predicted molar refractivity (Wildman–Crippen MR) is 107 cm³/mol. The summed E-state index contributed by atoms with van der Waals surface area (Å²) in [7, 11) is 1.63. The second kappa shape index (κ2) is 11.2. The highest BCUT2D eigenvalue weighted by Gasteiger charge is 2.12. The van der Waals surface area contributed by atoms with E-state index in [2.05, 4.69) is 28.2 Å². The number of unbranched alkanes of at least 4 members (excludes halogenated alkanes) is 3. The molecular weight excluding hydrogens is 397 g/mol. The molecule has 0 aliphatic rings. The molecule has 3 nitrogen and oxygen atoms in total. The van der Waals surface area contributed by atoms with Gasteiger partial charge < -0.3 is 14.8 Å². The maximum absolute atomic E-state index is 13.0. The van der Waals surface area contributed by atoms with Gasteiger partial charge in [-0.15, -0.1) is 0 Å². The van der Waals surface area contributed by atoms with Gasteiger partial charge in [-0.25, -0.2) is 4.39 Å². The summed E-state index contributed by atoms with van der Waals surface area (Å²) in [4.78, 5) is 0. The zero-order chi connectivity index (χ0) is 18.8. The molecule has 1 N–H and O–H groups in total. The summed E-state index contributed by atoms with van der Waals surface area (Å²) in [5.41, 5.74) is 2.04. The van der Waals surface area contributed by atoms with E-state index in [9.17, 15) is 4.39 Å². The Morgan fingerprint density at radius 3 is 2.50 bits per heavy atom. The Kier molecular flexibility index (Phi) is 8.92. The van der Waals surface area contributed by atoms with Gasteiger partial charge in [0.15, 0.2) is 11.5 Å². The van der Waals surface area contributed by atoms with Crippen LogP contribution in [-0.4, -0.2) is 13.7 Å². The summed E-state index contributed by atoms with van der Waals surface area (Å²) in [6.07, 6.45) is 5.02. The van der Waals surface area contributed by atoms with E-state index in [0.717, 1.165) is 28.7 Å². The van der Waals surface area contributed by atoms with Crippen molar-refractivity contribution < 1.29 is 13.9 Å². The topological polar surface area (TPSA) is 30.5 Å². The lowest BCUT2D eigenvalue weighted by Crippen LogP contribution is -2.14. The predicted octanol–water partition coefficient (Wildman–Crippen LogP) is 5.85. The number of methoxy groups -OCH3 is 1. The van der Waals surface area contributed by atoms with Crippen molar-refractivity contribution in [2.75, 3.05) is 13.7 Å². The zero-order valence-electron chi connectivity index (χ0n) is 15.5. The normalized spacial score (nSPS) is 10.8. The van der Waals surface area contributed by atoms with Gasteiger partial charge in [-0.05, 0) is 64.3 Å². The molecule has 0 aliphatic carbocycles. The van der Waals surface area contributed by atoms with Gasteiger partial charge in [-0.3, -0.25) is 0 Å². The van der Waals surface area contributed by atoms with E-state index in [4.69, 9.17) is 9.47 Å². The van der Waals surface area contributed by atoms with Gasteiger partial charge in [0.2, 0.25) is 0 Å². The van der Waals surface area contributed by atoms with Crippen molar-refractivity contribution in [1.82, 2.24) is 5.32 Å². The molecule has 0 radical (unpaired) electrons. The van der Waals surface area contributed by atoms with Crippen molar-refractivity contribution in [2.45, 2.75) is 45.8 Å². The molecule has 0 aromatic heterocycles. The highest BCUT2D eigenvalue weighted by molar-refractivity contribution is 9.10. The highest BCUT2D eigenvalue weighted by atomic mass is 79.9. The molecule has 5 heteroatoms. The van der Waals surface area contributed by atoms with E-state index in [-0.39, 0.29) is 5.82 Å². The standard InChI is InChI=1S/C21H27BrFNO2/c1-3-4-5-6-11-24-14-17-12-19(22)21(20(13-17)25-2)26-15-16-7-9-18(23)10-8-16/h7-10,12-13,24H,3-6,11,14-15H2,1-2H3. The van der Waals surface area contributed by atoms with Crippen LogP contribution in [0.25, 0.3) is 0 Å². The molecule has 0 spiro atoms. The van der Waals surface area contributed by atoms with E-state index in [1.165, 1.54) is 37.8 Å². The third kappa shape index (κ3) is 6.61. The van der Waals surface area contributed by atoms with Crippen LogP contribution in [0.4, 0.5) is 4.39 Å². The second-order valence-corrected chi connectivity index (χ2v) is 7.12. The van der Waals surface area contributed by atoms with Crippen LogP contribution in [0.3, 0.4) is 0 Å². The van der Waals surface area contributed by atoms with Crippen molar-refractivity contribution in [2.24, 2.45) is 0 Å². The minimum Gasteiger partial charge on any atom is -0.493 e. The molecule has 26 heavy (non-hydrogen) atoms. The minimum absolute atomic E-state index is 0.251. The molecule has 0 fully saturated rings. The summed E-state index contributed by atoms with van der Waals surface area (Å²) in [5, 5.41) is 3.47. The third-order valence-electron chi connectivity index (χ3n) is 4.12. The van der Waals surface area contributed by atoms with Crippen LogP contribution in [0.2, 0.25) is 0 Å². The zero-order valence-corrected chi connectivity index (χ0v) is 17.1. The van der Waals surface area contributed by atoms with Gasteiger partial charge in [0.05, 0.1) is 11.6 Å². The number of hydrogen-bond acceptors (Lipinski definition) is 3. The summed E-state index contributed by atoms with van der Waals surface area (Å²) in [6.45, 7) is 4.38. The van der Waals surface area contributed by atoms with Crippen LogP contribution in [-0.2, 0) is 13.2 Å². The molecule has 142 valence electrons. The molecule has 0 atom stereocenters. The van der Waals surface area contributed by atoms with E-state index in [1.807, 2.05) is 12.1 Å². The first-order valence-electron chi connectivity index (χ1n) is 9.08. The number of hydrogen-bond donors (Lipinski definition) is 1. The van der Waals surface area contributed by atoms with Gasteiger partial charge in [-0.2, -0.15) is 0 Å². The largest absolute Gasteiger partial charge is 0.493 e. The lowest BCUT2D eigenvalue weighted by molar-refractivity contribution is 0.282. The van der Waals surface area contributed by atoms with Crippen molar-refractivity contribution in [3.05, 3.63) is 57.8 Å². The third-order valence-corrected chi connectivity index (χ3v) is 4.71. The lowest BCUT2D eigenvalue weighted by Gasteiger charge is -2.15. The van der Waals surface area contributed by atoms with E-state index in [0.29, 0.717) is 18.1 Å². The number of rotatable bonds is 11.